The molecule has 3 rings (SSSR count). The molecule has 20 heavy (non-hydrogen) atoms. The largest absolute Gasteiger partial charge is 0.496 e. The van der Waals surface area contributed by atoms with E-state index >= 15 is 0 Å². The number of ether oxygens (including phenoxy) is 1. The predicted octanol–water partition coefficient (Wildman–Crippen LogP) is 3.21. The summed E-state index contributed by atoms with van der Waals surface area (Å²) in [6, 6.07) is 4.24. The highest BCUT2D eigenvalue weighted by Crippen LogP contribution is 2.38. The van der Waals surface area contributed by atoms with Gasteiger partial charge in [-0.05, 0) is 48.9 Å². The smallest absolute Gasteiger partial charge is 0.128 e. The van der Waals surface area contributed by atoms with Crippen molar-refractivity contribution in [2.75, 3.05) is 7.11 Å². The van der Waals surface area contributed by atoms with E-state index in [1.807, 2.05) is 6.08 Å². The summed E-state index contributed by atoms with van der Waals surface area (Å²) in [5.41, 5.74) is 5.05. The summed E-state index contributed by atoms with van der Waals surface area (Å²) in [7, 11) is 1.72. The van der Waals surface area contributed by atoms with E-state index in [0.717, 1.165) is 42.6 Å². The van der Waals surface area contributed by atoms with Gasteiger partial charge in [0.05, 0.1) is 19.2 Å². The SMILES string of the molecule is C=CCCn1c(CO)cc2c(OC)cc3c(c21)CCC3. The Bertz CT molecular complexity index is 655. The first-order valence-corrected chi connectivity index (χ1v) is 7.22. The number of methoxy groups -OCH3 is 1. The lowest BCUT2D eigenvalue weighted by Crippen LogP contribution is -2.04. The number of hydrogen-bond donors (Lipinski definition) is 1. The fourth-order valence-electron chi connectivity index (χ4n) is 3.32. The maximum absolute atomic E-state index is 9.64. The van der Waals surface area contributed by atoms with E-state index in [2.05, 4.69) is 23.3 Å². The quantitative estimate of drug-likeness (QED) is 0.847. The Balaban J connectivity index is 2.29. The molecule has 1 aliphatic rings. The van der Waals surface area contributed by atoms with Crippen LogP contribution >= 0.6 is 0 Å². The van der Waals surface area contributed by atoms with Crippen molar-refractivity contribution in [3.8, 4) is 5.75 Å². The molecule has 1 heterocycles. The number of aryl methyl sites for hydroxylation is 3. The Morgan fingerprint density at radius 3 is 2.95 bits per heavy atom. The number of allylic oxidation sites excluding steroid dienone is 1. The van der Waals surface area contributed by atoms with Gasteiger partial charge in [-0.2, -0.15) is 0 Å². The first-order valence-electron chi connectivity index (χ1n) is 7.22. The summed E-state index contributed by atoms with van der Waals surface area (Å²) < 4.78 is 7.79. The Morgan fingerprint density at radius 2 is 2.25 bits per heavy atom. The lowest BCUT2D eigenvalue weighted by atomic mass is 10.1. The maximum Gasteiger partial charge on any atom is 0.128 e. The second-order valence-electron chi connectivity index (χ2n) is 5.36. The normalized spacial score (nSPS) is 13.7. The molecule has 0 radical (unpaired) electrons. The molecule has 1 aromatic carbocycles. The van der Waals surface area contributed by atoms with Gasteiger partial charge < -0.3 is 14.4 Å². The minimum absolute atomic E-state index is 0.0593. The molecular weight excluding hydrogens is 250 g/mol. The molecule has 0 amide bonds. The summed E-state index contributed by atoms with van der Waals surface area (Å²) in [5.74, 6) is 0.924. The van der Waals surface area contributed by atoms with Gasteiger partial charge in [-0.1, -0.05) is 6.08 Å². The Kier molecular flexibility index (Phi) is 3.53. The van der Waals surface area contributed by atoms with E-state index in [9.17, 15) is 5.11 Å². The molecule has 106 valence electrons. The molecule has 3 nitrogen and oxygen atoms in total. The van der Waals surface area contributed by atoms with Crippen LogP contribution in [-0.2, 0) is 26.0 Å². The van der Waals surface area contributed by atoms with Crippen LogP contribution in [0.15, 0.2) is 24.8 Å². The van der Waals surface area contributed by atoms with E-state index in [0.29, 0.717) is 0 Å². The number of aromatic nitrogens is 1. The molecule has 0 saturated heterocycles. The van der Waals surface area contributed by atoms with Crippen molar-refractivity contribution in [3.05, 3.63) is 41.6 Å². The van der Waals surface area contributed by atoms with Gasteiger partial charge in [-0.25, -0.2) is 0 Å². The minimum atomic E-state index is 0.0593. The van der Waals surface area contributed by atoms with Gasteiger partial charge >= 0.3 is 0 Å². The zero-order valence-electron chi connectivity index (χ0n) is 12.0. The zero-order chi connectivity index (χ0) is 14.1. The van der Waals surface area contributed by atoms with Gasteiger partial charge in [-0.3, -0.25) is 0 Å². The van der Waals surface area contributed by atoms with Crippen LogP contribution in [-0.4, -0.2) is 16.8 Å². The molecule has 0 fully saturated rings. The fourth-order valence-corrected chi connectivity index (χ4v) is 3.32. The van der Waals surface area contributed by atoms with E-state index in [-0.39, 0.29) is 6.61 Å². The van der Waals surface area contributed by atoms with Crippen LogP contribution in [0, 0.1) is 0 Å². The Labute approximate surface area is 119 Å². The van der Waals surface area contributed by atoms with Crippen molar-refractivity contribution in [2.24, 2.45) is 0 Å². The molecule has 1 aliphatic carbocycles. The molecule has 1 N–H and O–H groups in total. The number of rotatable bonds is 5. The lowest BCUT2D eigenvalue weighted by molar-refractivity contribution is 0.271. The van der Waals surface area contributed by atoms with Gasteiger partial charge in [0.15, 0.2) is 0 Å². The number of aliphatic hydroxyl groups is 1. The van der Waals surface area contributed by atoms with Gasteiger partial charge in [0.1, 0.15) is 5.75 Å². The highest BCUT2D eigenvalue weighted by Gasteiger charge is 2.21. The molecule has 3 heteroatoms. The number of aliphatic hydroxyl groups excluding tert-OH is 1. The summed E-state index contributed by atoms with van der Waals surface area (Å²) in [5, 5.41) is 10.8. The van der Waals surface area contributed by atoms with E-state index in [4.69, 9.17) is 4.74 Å². The van der Waals surface area contributed by atoms with E-state index < -0.39 is 0 Å². The van der Waals surface area contributed by atoms with Crippen molar-refractivity contribution in [2.45, 2.75) is 38.8 Å². The highest BCUT2D eigenvalue weighted by molar-refractivity contribution is 5.91. The molecule has 1 aromatic heterocycles. The van der Waals surface area contributed by atoms with Crippen LogP contribution in [0.5, 0.6) is 5.75 Å². The summed E-state index contributed by atoms with van der Waals surface area (Å²) in [6.07, 6.45) is 6.29. The van der Waals surface area contributed by atoms with Crippen molar-refractivity contribution < 1.29 is 9.84 Å². The number of benzene rings is 1. The monoisotopic (exact) mass is 271 g/mol. The molecule has 0 atom stereocenters. The molecule has 0 bridgehead atoms. The second kappa shape index (κ2) is 5.33. The van der Waals surface area contributed by atoms with E-state index in [1.54, 1.807) is 7.11 Å². The summed E-state index contributed by atoms with van der Waals surface area (Å²) in [4.78, 5) is 0. The fraction of sp³-hybridized carbons (Fsp3) is 0.412. The van der Waals surface area contributed by atoms with Gasteiger partial charge in [0, 0.05) is 17.6 Å². The molecule has 0 aliphatic heterocycles. The first-order chi connectivity index (χ1) is 9.80. The third-order valence-corrected chi connectivity index (χ3v) is 4.24. The van der Waals surface area contributed by atoms with E-state index in [1.165, 1.54) is 23.1 Å². The predicted molar refractivity (Wildman–Crippen MR) is 81.3 cm³/mol. The highest BCUT2D eigenvalue weighted by atomic mass is 16.5. The third kappa shape index (κ3) is 1.93. The van der Waals surface area contributed by atoms with Crippen LogP contribution in [0.25, 0.3) is 10.9 Å². The van der Waals surface area contributed by atoms with Crippen LogP contribution < -0.4 is 4.74 Å². The van der Waals surface area contributed by atoms with Gasteiger partial charge in [-0.15, -0.1) is 6.58 Å². The molecule has 0 saturated carbocycles. The molecular formula is C17H21NO2. The zero-order valence-corrected chi connectivity index (χ0v) is 12.0. The average molecular weight is 271 g/mol. The maximum atomic E-state index is 9.64. The molecule has 2 aromatic rings. The minimum Gasteiger partial charge on any atom is -0.496 e. The van der Waals surface area contributed by atoms with Crippen LogP contribution in [0.1, 0.15) is 29.7 Å². The van der Waals surface area contributed by atoms with Crippen LogP contribution in [0.4, 0.5) is 0 Å². The lowest BCUT2D eigenvalue weighted by Gasteiger charge is -2.12. The topological polar surface area (TPSA) is 34.4 Å². The second-order valence-corrected chi connectivity index (χ2v) is 5.36. The number of nitrogens with zero attached hydrogens (tertiary/aromatic N) is 1. The number of hydrogen-bond acceptors (Lipinski definition) is 2. The Morgan fingerprint density at radius 1 is 1.40 bits per heavy atom. The molecule has 0 unspecified atom stereocenters. The standard InChI is InChI=1S/C17H21NO2/c1-3-4-8-18-13(11-19)10-15-16(20-2)9-12-6-5-7-14(12)17(15)18/h3,9-10,19H,1,4-8,11H2,2H3. The van der Waals surface area contributed by atoms with Crippen molar-refractivity contribution in [1.29, 1.82) is 0 Å². The number of fused-ring (bicyclic) bond motifs is 3. The van der Waals surface area contributed by atoms with Crippen molar-refractivity contribution in [3.63, 3.8) is 0 Å². The average Bonchev–Trinajstić information content (AvgIpc) is 3.07. The van der Waals surface area contributed by atoms with Gasteiger partial charge in [0.25, 0.3) is 0 Å². The third-order valence-electron chi connectivity index (χ3n) is 4.24. The van der Waals surface area contributed by atoms with Crippen molar-refractivity contribution >= 4 is 10.9 Å². The van der Waals surface area contributed by atoms with Crippen LogP contribution in [0.2, 0.25) is 0 Å². The first kappa shape index (κ1) is 13.3. The van der Waals surface area contributed by atoms with Gasteiger partial charge in [0.2, 0.25) is 0 Å². The Hall–Kier alpha value is -1.74. The summed E-state index contributed by atoms with van der Waals surface area (Å²) >= 11 is 0. The summed E-state index contributed by atoms with van der Waals surface area (Å²) in [6.45, 7) is 4.72. The van der Waals surface area contributed by atoms with Crippen molar-refractivity contribution in [1.82, 2.24) is 4.57 Å². The van der Waals surface area contributed by atoms with Crippen LogP contribution in [0.3, 0.4) is 0 Å². The molecule has 0 spiro atoms.